The molecule has 0 heterocycles. The highest BCUT2D eigenvalue weighted by molar-refractivity contribution is 5.87. The Balaban J connectivity index is 2.35. The van der Waals surface area contributed by atoms with Crippen LogP contribution in [0.4, 0.5) is 0 Å². The van der Waals surface area contributed by atoms with Crippen molar-refractivity contribution in [3.05, 3.63) is 23.8 Å². The molecule has 1 unspecified atom stereocenters. The Hall–Kier alpha value is -1.21. The first-order chi connectivity index (χ1) is 12.1. The lowest BCUT2D eigenvalue weighted by Gasteiger charge is -2.59. The monoisotopic (exact) mass is 368 g/mol. The Morgan fingerprint density at radius 3 is 2.54 bits per heavy atom. The highest BCUT2D eigenvalue weighted by Crippen LogP contribution is 2.61. The molecule has 6 nitrogen and oxygen atoms in total. The van der Waals surface area contributed by atoms with E-state index in [4.69, 9.17) is 5.11 Å². The largest absolute Gasteiger partial charge is 0.478 e. The van der Waals surface area contributed by atoms with Crippen molar-refractivity contribution in [1.82, 2.24) is 0 Å². The van der Waals surface area contributed by atoms with E-state index in [2.05, 4.69) is 13.5 Å². The first-order valence-corrected chi connectivity index (χ1v) is 9.30. The van der Waals surface area contributed by atoms with Gasteiger partial charge >= 0.3 is 5.97 Å². The van der Waals surface area contributed by atoms with Gasteiger partial charge in [0.25, 0.3) is 0 Å². The minimum absolute atomic E-state index is 0.000122. The molecule has 2 aliphatic carbocycles. The summed E-state index contributed by atoms with van der Waals surface area (Å²) in [6.07, 6.45) is 2.90. The van der Waals surface area contributed by atoms with Crippen LogP contribution in [0.1, 0.15) is 46.0 Å². The molecule has 0 aromatic rings. The van der Waals surface area contributed by atoms with Crippen molar-refractivity contribution in [2.45, 2.75) is 58.2 Å². The lowest BCUT2D eigenvalue weighted by molar-refractivity contribution is -0.151. The van der Waals surface area contributed by atoms with Crippen molar-refractivity contribution in [2.24, 2.45) is 22.7 Å². The molecule has 0 aromatic carbocycles. The molecular weight excluding hydrogens is 336 g/mol. The van der Waals surface area contributed by atoms with Crippen molar-refractivity contribution < 1.29 is 30.3 Å². The number of hydrogen-bond acceptors (Lipinski definition) is 5. The van der Waals surface area contributed by atoms with E-state index in [-0.39, 0.29) is 29.4 Å². The Bertz CT molecular complexity index is 585. The average Bonchev–Trinajstić information content (AvgIpc) is 2.60. The minimum Gasteiger partial charge on any atom is -0.478 e. The van der Waals surface area contributed by atoms with E-state index < -0.39 is 30.2 Å². The number of aliphatic carboxylic acids is 1. The van der Waals surface area contributed by atoms with Crippen LogP contribution in [0, 0.1) is 22.7 Å². The van der Waals surface area contributed by atoms with Gasteiger partial charge in [0, 0.05) is 5.41 Å². The number of allylic oxidation sites excluding steroid dienone is 2. The predicted octanol–water partition coefficient (Wildman–Crippen LogP) is 1.48. The fraction of sp³-hybridized carbons (Fsp3) is 0.750. The Labute approximate surface area is 154 Å². The number of carboxylic acid groups (broad SMARTS) is 1. The number of aliphatic hydroxyl groups is 4. The first kappa shape index (κ1) is 21.1. The van der Waals surface area contributed by atoms with Gasteiger partial charge in [0.05, 0.1) is 24.9 Å². The van der Waals surface area contributed by atoms with Crippen molar-refractivity contribution in [2.75, 3.05) is 13.2 Å². The summed E-state index contributed by atoms with van der Waals surface area (Å²) in [6, 6.07) is 0. The molecule has 0 aliphatic heterocycles. The molecule has 2 rings (SSSR count). The number of fused-ring (bicyclic) bond motifs is 1. The fourth-order valence-electron chi connectivity index (χ4n) is 5.34. The number of hydrogen-bond donors (Lipinski definition) is 5. The van der Waals surface area contributed by atoms with Crippen LogP contribution in [0.2, 0.25) is 0 Å². The molecular formula is C20H32O6. The molecule has 2 aliphatic rings. The maximum atomic E-state index is 11.4. The van der Waals surface area contributed by atoms with Crippen LogP contribution in [0.15, 0.2) is 23.8 Å². The summed E-state index contributed by atoms with van der Waals surface area (Å²) in [5.74, 6) is -1.14. The fourth-order valence-corrected chi connectivity index (χ4v) is 5.34. The molecule has 6 heteroatoms. The second-order valence-electron chi connectivity index (χ2n) is 8.43. The lowest BCUT2D eigenvalue weighted by Crippen LogP contribution is -2.57. The third kappa shape index (κ3) is 3.48. The van der Waals surface area contributed by atoms with E-state index >= 15 is 0 Å². The van der Waals surface area contributed by atoms with Gasteiger partial charge in [0.15, 0.2) is 0 Å². The minimum atomic E-state index is -1.41. The third-order valence-corrected chi connectivity index (χ3v) is 7.05. The summed E-state index contributed by atoms with van der Waals surface area (Å²) in [5.41, 5.74) is 0.0402. The van der Waals surface area contributed by atoms with Crippen LogP contribution < -0.4 is 0 Å². The van der Waals surface area contributed by atoms with E-state index in [0.29, 0.717) is 12.8 Å². The molecule has 0 radical (unpaired) electrons. The summed E-state index contributed by atoms with van der Waals surface area (Å²) in [4.78, 5) is 11.4. The van der Waals surface area contributed by atoms with Gasteiger partial charge < -0.3 is 25.5 Å². The SMILES string of the molecule is C=C1CC[C@@H]2[C@](C)(CO)[C@H](O)CC[C@@]2(C)C1C/C=C(/C(=O)O)[C@H](O)CO. The predicted molar refractivity (Wildman–Crippen MR) is 97.3 cm³/mol. The number of rotatable bonds is 6. The van der Waals surface area contributed by atoms with Gasteiger partial charge in [-0.3, -0.25) is 0 Å². The second kappa shape index (κ2) is 7.80. The third-order valence-electron chi connectivity index (χ3n) is 7.05. The Morgan fingerprint density at radius 1 is 1.35 bits per heavy atom. The van der Waals surface area contributed by atoms with Gasteiger partial charge in [-0.25, -0.2) is 4.79 Å². The molecule has 2 fully saturated rings. The van der Waals surface area contributed by atoms with Gasteiger partial charge in [-0.15, -0.1) is 0 Å². The zero-order chi connectivity index (χ0) is 19.7. The van der Waals surface area contributed by atoms with E-state index in [9.17, 15) is 25.2 Å². The lowest BCUT2D eigenvalue weighted by atomic mass is 9.46. The van der Waals surface area contributed by atoms with Gasteiger partial charge in [-0.2, -0.15) is 0 Å². The van der Waals surface area contributed by atoms with Gasteiger partial charge in [0.2, 0.25) is 0 Å². The molecule has 0 saturated heterocycles. The molecule has 0 bridgehead atoms. The van der Waals surface area contributed by atoms with Gasteiger partial charge in [-0.1, -0.05) is 32.1 Å². The molecule has 26 heavy (non-hydrogen) atoms. The van der Waals surface area contributed by atoms with Crippen molar-refractivity contribution in [1.29, 1.82) is 0 Å². The van der Waals surface area contributed by atoms with E-state index in [1.165, 1.54) is 6.08 Å². The quantitative estimate of drug-likeness (QED) is 0.358. The van der Waals surface area contributed by atoms with Gasteiger partial charge in [-0.05, 0) is 49.4 Å². The van der Waals surface area contributed by atoms with E-state index in [1.807, 2.05) is 6.92 Å². The van der Waals surface area contributed by atoms with Crippen LogP contribution in [0.3, 0.4) is 0 Å². The molecule has 5 N–H and O–H groups in total. The summed E-state index contributed by atoms with van der Waals surface area (Å²) in [5, 5.41) is 48.6. The summed E-state index contributed by atoms with van der Waals surface area (Å²) in [6.45, 7) is 7.54. The van der Waals surface area contributed by atoms with Crippen molar-refractivity contribution in [3.63, 3.8) is 0 Å². The molecule has 0 aromatic heterocycles. The van der Waals surface area contributed by atoms with Gasteiger partial charge in [0.1, 0.15) is 6.10 Å². The summed E-state index contributed by atoms with van der Waals surface area (Å²) < 4.78 is 0. The van der Waals surface area contributed by atoms with E-state index in [1.54, 1.807) is 0 Å². The molecule has 0 amide bonds. The smallest absolute Gasteiger partial charge is 0.333 e. The molecule has 6 atom stereocenters. The van der Waals surface area contributed by atoms with Crippen molar-refractivity contribution >= 4 is 5.97 Å². The van der Waals surface area contributed by atoms with E-state index in [0.717, 1.165) is 24.8 Å². The Kier molecular flexibility index (Phi) is 6.33. The Morgan fingerprint density at radius 2 is 2.00 bits per heavy atom. The maximum Gasteiger partial charge on any atom is 0.333 e. The summed E-state index contributed by atoms with van der Waals surface area (Å²) >= 11 is 0. The number of aliphatic hydroxyl groups excluding tert-OH is 4. The highest BCUT2D eigenvalue weighted by Gasteiger charge is 2.57. The van der Waals surface area contributed by atoms with Crippen molar-refractivity contribution in [3.8, 4) is 0 Å². The van der Waals surface area contributed by atoms with Crippen LogP contribution in [0.25, 0.3) is 0 Å². The zero-order valence-electron chi connectivity index (χ0n) is 15.7. The molecule has 2 saturated carbocycles. The first-order valence-electron chi connectivity index (χ1n) is 9.30. The highest BCUT2D eigenvalue weighted by atomic mass is 16.4. The van der Waals surface area contributed by atoms with Crippen LogP contribution in [0.5, 0.6) is 0 Å². The topological polar surface area (TPSA) is 118 Å². The second-order valence-corrected chi connectivity index (χ2v) is 8.43. The van der Waals surface area contributed by atoms with Crippen LogP contribution in [-0.2, 0) is 4.79 Å². The number of carboxylic acids is 1. The summed E-state index contributed by atoms with van der Waals surface area (Å²) in [7, 11) is 0. The maximum absolute atomic E-state index is 11.4. The molecule has 148 valence electrons. The zero-order valence-corrected chi connectivity index (χ0v) is 15.7. The average molecular weight is 368 g/mol. The number of carbonyl (C=O) groups is 1. The standard InChI is InChI=1S/C20H32O6/c1-12-4-7-16-19(2,9-8-17(24)20(16,3)11-22)14(12)6-5-13(18(25)26)15(23)10-21/h5,14-17,21-24H,1,4,6-11H2,2-3H3,(H,25,26)/b13-5+/t14?,15-,16+,17-,19+,20+/m1/s1. The van der Waals surface area contributed by atoms with Crippen LogP contribution >= 0.6 is 0 Å². The van der Waals surface area contributed by atoms with Crippen LogP contribution in [-0.4, -0.2) is 56.9 Å². The molecule has 0 spiro atoms. The normalized spacial score (nSPS) is 39.4.